The predicted molar refractivity (Wildman–Crippen MR) is 109 cm³/mol. The highest BCUT2D eigenvalue weighted by Crippen LogP contribution is 2.27. The van der Waals surface area contributed by atoms with Crippen LogP contribution in [0.2, 0.25) is 0 Å². The third-order valence-electron chi connectivity index (χ3n) is 4.00. The summed E-state index contributed by atoms with van der Waals surface area (Å²) in [7, 11) is 1.44. The number of carbonyl (C=O) groups excluding carboxylic acids is 3. The fourth-order valence-corrected chi connectivity index (χ4v) is 2.60. The van der Waals surface area contributed by atoms with E-state index in [9.17, 15) is 14.4 Å². The molecule has 160 valence electrons. The van der Waals surface area contributed by atoms with E-state index in [1.165, 1.54) is 13.2 Å². The van der Waals surface area contributed by atoms with Crippen LogP contribution < -0.4 is 4.74 Å². The molecule has 0 N–H and O–H groups in total. The molecule has 12 nitrogen and oxygen atoms in total. The fraction of sp³-hybridized carbons (Fsp3) is 0.316. The Morgan fingerprint density at radius 3 is 2.45 bits per heavy atom. The predicted octanol–water partition coefficient (Wildman–Crippen LogP) is 1.65. The van der Waals surface area contributed by atoms with Gasteiger partial charge >= 0.3 is 17.8 Å². The molecule has 3 rings (SSSR count). The molecule has 31 heavy (non-hydrogen) atoms. The number of nitrogens with zero attached hydrogens (tertiary/aromatic N) is 6. The van der Waals surface area contributed by atoms with Crippen LogP contribution in [0.25, 0.3) is 0 Å². The molecular weight excluding hydrogens is 408 g/mol. The number of fused-ring (bicyclic) bond motifs is 1. The number of aliphatic imine (C=N–C) groups is 3. The van der Waals surface area contributed by atoms with Crippen LogP contribution >= 0.6 is 0 Å². The minimum atomic E-state index is -1.32. The molecule has 12 heteroatoms. The van der Waals surface area contributed by atoms with Gasteiger partial charge in [-0.15, -0.1) is 10.2 Å². The lowest BCUT2D eigenvalue weighted by Crippen LogP contribution is -2.29. The average molecular weight is 426 g/mol. The standard InChI is InChI=1S/C19H18N6O6/c1-4-30-18(27)12(19(28)31-5-2)9-20-10-6-7-13(29-3)11(8-10)15-21-16-14(17(26)22-15)23-25-24-16/h6-9,12H,4-5H2,1-3H3. The van der Waals surface area contributed by atoms with Gasteiger partial charge in [0.15, 0.2) is 11.8 Å². The minimum absolute atomic E-state index is 0.0383. The van der Waals surface area contributed by atoms with E-state index in [2.05, 4.69) is 30.4 Å². The van der Waals surface area contributed by atoms with Gasteiger partial charge in [-0.05, 0) is 37.3 Å². The molecule has 0 saturated carbocycles. The summed E-state index contributed by atoms with van der Waals surface area (Å²) in [6.45, 7) is 3.46. The van der Waals surface area contributed by atoms with Crippen LogP contribution in [0.3, 0.4) is 0 Å². The summed E-state index contributed by atoms with van der Waals surface area (Å²) in [4.78, 5) is 48.6. The maximum atomic E-state index is 12.1. The molecule has 1 amide bonds. The third kappa shape index (κ3) is 4.74. The molecule has 0 spiro atoms. The summed E-state index contributed by atoms with van der Waals surface area (Å²) in [5.41, 5.74) is 0.656. The molecule has 0 radical (unpaired) electrons. The van der Waals surface area contributed by atoms with E-state index in [4.69, 9.17) is 14.2 Å². The maximum absolute atomic E-state index is 12.1. The van der Waals surface area contributed by atoms with Gasteiger partial charge in [-0.3, -0.25) is 19.4 Å². The molecule has 0 atom stereocenters. The van der Waals surface area contributed by atoms with Gasteiger partial charge in [0.05, 0.1) is 31.6 Å². The normalized spacial score (nSPS) is 14.8. The summed E-state index contributed by atoms with van der Waals surface area (Å²) in [5, 5.41) is 10.7. The molecule has 1 aromatic carbocycles. The average Bonchev–Trinajstić information content (AvgIpc) is 3.23. The lowest BCUT2D eigenvalue weighted by Gasteiger charge is -2.12. The lowest BCUT2D eigenvalue weighted by atomic mass is 10.1. The van der Waals surface area contributed by atoms with Crippen molar-refractivity contribution in [2.45, 2.75) is 13.8 Å². The molecule has 0 fully saturated rings. The van der Waals surface area contributed by atoms with Crippen molar-refractivity contribution < 1.29 is 28.6 Å². The number of carbonyl (C=O) groups is 3. The highest BCUT2D eigenvalue weighted by atomic mass is 16.6. The Morgan fingerprint density at radius 1 is 1.10 bits per heavy atom. The number of esters is 2. The Labute approximate surface area is 176 Å². The van der Waals surface area contributed by atoms with E-state index < -0.39 is 23.8 Å². The van der Waals surface area contributed by atoms with Crippen molar-refractivity contribution in [2.24, 2.45) is 36.3 Å². The Balaban J connectivity index is 1.94. The smallest absolute Gasteiger partial charge is 0.325 e. The summed E-state index contributed by atoms with van der Waals surface area (Å²) in [6, 6.07) is 4.71. The maximum Gasteiger partial charge on any atom is 0.325 e. The van der Waals surface area contributed by atoms with E-state index >= 15 is 0 Å². The van der Waals surface area contributed by atoms with Gasteiger partial charge < -0.3 is 14.2 Å². The molecule has 1 aromatic rings. The van der Waals surface area contributed by atoms with E-state index in [1.807, 2.05) is 0 Å². The number of amides is 1. The highest BCUT2D eigenvalue weighted by Gasteiger charge is 2.30. The van der Waals surface area contributed by atoms with E-state index in [0.717, 1.165) is 6.21 Å². The zero-order valence-corrected chi connectivity index (χ0v) is 16.9. The van der Waals surface area contributed by atoms with Crippen LogP contribution in [0.5, 0.6) is 5.75 Å². The van der Waals surface area contributed by atoms with Crippen LogP contribution in [0.4, 0.5) is 5.69 Å². The van der Waals surface area contributed by atoms with Gasteiger partial charge in [-0.25, -0.2) is 4.99 Å². The van der Waals surface area contributed by atoms with E-state index in [0.29, 0.717) is 17.0 Å². The second kappa shape index (κ2) is 9.61. The van der Waals surface area contributed by atoms with Gasteiger partial charge in [-0.1, -0.05) is 0 Å². The fourth-order valence-electron chi connectivity index (χ4n) is 2.60. The lowest BCUT2D eigenvalue weighted by molar-refractivity contribution is -0.157. The number of rotatable bonds is 8. The summed E-state index contributed by atoms with van der Waals surface area (Å²) in [6.07, 6.45) is 1.14. The molecule has 0 bridgehead atoms. The Bertz CT molecular complexity index is 1050. The summed E-state index contributed by atoms with van der Waals surface area (Å²) < 4.78 is 15.1. The van der Waals surface area contributed by atoms with Crippen LogP contribution in [-0.4, -0.2) is 61.8 Å². The molecule has 0 unspecified atom stereocenters. The van der Waals surface area contributed by atoms with Gasteiger partial charge in [0.25, 0.3) is 0 Å². The summed E-state index contributed by atoms with van der Waals surface area (Å²) in [5.74, 6) is -3.03. The number of benzene rings is 1. The molecule has 0 aliphatic carbocycles. The Kier molecular flexibility index (Phi) is 6.70. The van der Waals surface area contributed by atoms with Crippen LogP contribution in [0.1, 0.15) is 19.4 Å². The Morgan fingerprint density at radius 2 is 1.81 bits per heavy atom. The van der Waals surface area contributed by atoms with Crippen molar-refractivity contribution in [1.29, 1.82) is 0 Å². The zero-order valence-electron chi connectivity index (χ0n) is 16.9. The van der Waals surface area contributed by atoms with Crippen LogP contribution in [0, 0.1) is 5.92 Å². The molecule has 2 heterocycles. The van der Waals surface area contributed by atoms with Crippen molar-refractivity contribution in [2.75, 3.05) is 20.3 Å². The van der Waals surface area contributed by atoms with Gasteiger partial charge in [0.2, 0.25) is 11.5 Å². The third-order valence-corrected chi connectivity index (χ3v) is 4.00. The van der Waals surface area contributed by atoms with Crippen molar-refractivity contribution in [3.8, 4) is 5.75 Å². The van der Waals surface area contributed by atoms with E-state index in [1.54, 1.807) is 26.0 Å². The van der Waals surface area contributed by atoms with Crippen LogP contribution in [0.15, 0.2) is 48.6 Å². The highest BCUT2D eigenvalue weighted by molar-refractivity contribution is 6.69. The van der Waals surface area contributed by atoms with Crippen molar-refractivity contribution in [1.82, 2.24) is 0 Å². The molecule has 0 saturated heterocycles. The number of amidine groups is 2. The zero-order chi connectivity index (χ0) is 22.4. The first-order chi connectivity index (χ1) is 15.0. The number of hydrogen-bond donors (Lipinski definition) is 0. The minimum Gasteiger partial charge on any atom is -0.496 e. The second-order valence-corrected chi connectivity index (χ2v) is 5.96. The Hall–Kier alpha value is -4.09. The molecule has 2 aliphatic heterocycles. The van der Waals surface area contributed by atoms with Gasteiger partial charge in [0.1, 0.15) is 5.75 Å². The summed E-state index contributed by atoms with van der Waals surface area (Å²) >= 11 is 0. The molecule has 2 aliphatic rings. The second-order valence-electron chi connectivity index (χ2n) is 5.96. The van der Waals surface area contributed by atoms with Gasteiger partial charge in [0, 0.05) is 6.21 Å². The first-order valence-corrected chi connectivity index (χ1v) is 9.25. The SMILES string of the molecule is CCOC(=O)C(C=Nc1ccc(OC)c(C2=NC(=O)C3=NN=NC3=N2)c1)C(=O)OCC. The number of ether oxygens (including phenoxy) is 3. The van der Waals surface area contributed by atoms with Crippen molar-refractivity contribution >= 4 is 47.1 Å². The molecular formula is C19H18N6O6. The van der Waals surface area contributed by atoms with Crippen molar-refractivity contribution in [3.63, 3.8) is 0 Å². The first-order valence-electron chi connectivity index (χ1n) is 9.25. The quantitative estimate of drug-likeness (QED) is 0.350. The first kappa shape index (κ1) is 21.6. The van der Waals surface area contributed by atoms with Crippen LogP contribution in [-0.2, 0) is 23.9 Å². The monoisotopic (exact) mass is 426 g/mol. The van der Waals surface area contributed by atoms with Crippen molar-refractivity contribution in [3.05, 3.63) is 23.8 Å². The largest absolute Gasteiger partial charge is 0.496 e. The van der Waals surface area contributed by atoms with E-state index in [-0.39, 0.29) is 30.6 Å². The van der Waals surface area contributed by atoms with Gasteiger partial charge in [-0.2, -0.15) is 4.99 Å². The topological polar surface area (TPSA) is 153 Å². The number of hydrogen-bond acceptors (Lipinski definition) is 11. The number of methoxy groups -OCH3 is 1. The molecule has 0 aromatic heterocycles.